The fraction of sp³-hybridized carbons (Fsp3) is 0.455. The average molecular weight is 532 g/mol. The van der Waals surface area contributed by atoms with Crippen LogP contribution in [-0.2, 0) is 30.2 Å². The van der Waals surface area contributed by atoms with E-state index < -0.39 is 30.0 Å². The monoisotopic (exact) mass is 532 g/mol. The standard InChI is InChI=1S/C13H15F3N4O.C8H7F3N4.CH4/c14-13(15,16)11-9-5-8(6-17)7-18-12(9)20(19-11)10-3-1-2-4-21-10;9-8(10,11)6-5-1-4(2-12)3-13-7(5)15-14-6;/h5,7,10H,1-4,6,17H2;1,3H,2,12H2,(H,13,14,15);1H4. The Hall–Kier alpha value is -3.30. The minimum atomic E-state index is -4.53. The van der Waals surface area contributed by atoms with Crippen molar-refractivity contribution in [3.63, 3.8) is 0 Å². The number of H-pyrrole nitrogens is 1. The van der Waals surface area contributed by atoms with Gasteiger partial charge in [-0.3, -0.25) is 5.10 Å². The highest BCUT2D eigenvalue weighted by atomic mass is 19.4. The van der Waals surface area contributed by atoms with Gasteiger partial charge in [-0.2, -0.15) is 36.5 Å². The molecule has 202 valence electrons. The zero-order valence-corrected chi connectivity index (χ0v) is 18.7. The third-order valence-electron chi connectivity index (χ3n) is 5.52. The zero-order valence-electron chi connectivity index (χ0n) is 18.7. The summed E-state index contributed by atoms with van der Waals surface area (Å²) in [5.41, 5.74) is 10.3. The van der Waals surface area contributed by atoms with Gasteiger partial charge in [0.05, 0.1) is 10.8 Å². The number of rotatable bonds is 3. The number of nitrogens with zero attached hydrogens (tertiary/aromatic N) is 5. The van der Waals surface area contributed by atoms with Crippen molar-refractivity contribution in [3.8, 4) is 0 Å². The van der Waals surface area contributed by atoms with E-state index in [0.29, 0.717) is 24.2 Å². The number of fused-ring (bicyclic) bond motifs is 2. The minimum Gasteiger partial charge on any atom is -0.356 e. The van der Waals surface area contributed by atoms with Crippen LogP contribution >= 0.6 is 0 Å². The maximum atomic E-state index is 13.2. The lowest BCUT2D eigenvalue weighted by Gasteiger charge is -2.23. The lowest BCUT2D eigenvalue weighted by molar-refractivity contribution is -0.141. The third kappa shape index (κ3) is 5.99. The molecule has 1 aliphatic heterocycles. The van der Waals surface area contributed by atoms with E-state index >= 15 is 0 Å². The molecule has 1 unspecified atom stereocenters. The smallest absolute Gasteiger partial charge is 0.356 e. The fourth-order valence-corrected chi connectivity index (χ4v) is 3.78. The number of nitrogens with two attached hydrogens (primary N) is 2. The molecule has 0 spiro atoms. The molecular formula is C22H26F6N8O. The first-order chi connectivity index (χ1) is 17.0. The Balaban J connectivity index is 0.000000211. The molecule has 1 aliphatic rings. The molecule has 0 bridgehead atoms. The van der Waals surface area contributed by atoms with Gasteiger partial charge in [0.2, 0.25) is 0 Å². The first kappa shape index (κ1) is 28.3. The van der Waals surface area contributed by atoms with Gasteiger partial charge in [-0.15, -0.1) is 0 Å². The second kappa shape index (κ2) is 11.0. The molecule has 0 aromatic carbocycles. The van der Waals surface area contributed by atoms with Crippen LogP contribution in [0.5, 0.6) is 0 Å². The molecule has 0 amide bonds. The summed E-state index contributed by atoms with van der Waals surface area (Å²) in [6.45, 7) is 0.797. The van der Waals surface area contributed by atoms with Crippen molar-refractivity contribution in [1.29, 1.82) is 0 Å². The number of hydrogen-bond acceptors (Lipinski definition) is 7. The van der Waals surface area contributed by atoms with Gasteiger partial charge in [-0.25, -0.2) is 14.6 Å². The summed E-state index contributed by atoms with van der Waals surface area (Å²) < 4.78 is 83.6. The first-order valence-electron chi connectivity index (χ1n) is 10.9. The van der Waals surface area contributed by atoms with Crippen molar-refractivity contribution >= 4 is 22.1 Å². The minimum absolute atomic E-state index is 0. The Kier molecular flexibility index (Phi) is 8.39. The SMILES string of the molecule is C.NCc1cnc2c(c1)c(C(F)(F)F)nn2C1CCCCO1.NCc1cnc2n[nH]c(C(F)(F)F)c2c1. The molecule has 0 aliphatic carbocycles. The number of ether oxygens (including phenoxy) is 1. The van der Waals surface area contributed by atoms with Gasteiger partial charge in [0.25, 0.3) is 0 Å². The average Bonchev–Trinajstić information content (AvgIpc) is 3.46. The largest absolute Gasteiger partial charge is 0.435 e. The molecule has 1 saturated heterocycles. The molecule has 0 saturated carbocycles. The molecular weight excluding hydrogens is 506 g/mol. The number of pyridine rings is 2. The molecule has 1 fully saturated rings. The normalized spacial score (nSPS) is 16.4. The summed E-state index contributed by atoms with van der Waals surface area (Å²) in [4.78, 5) is 7.87. The zero-order chi connectivity index (χ0) is 26.1. The van der Waals surface area contributed by atoms with Crippen LogP contribution in [-0.4, -0.2) is 36.6 Å². The van der Waals surface area contributed by atoms with E-state index in [1.54, 1.807) is 0 Å². The topological polar surface area (TPSA) is 134 Å². The van der Waals surface area contributed by atoms with Gasteiger partial charge >= 0.3 is 12.4 Å². The van der Waals surface area contributed by atoms with Crippen molar-refractivity contribution in [2.75, 3.05) is 6.61 Å². The van der Waals surface area contributed by atoms with Gasteiger partial charge in [-0.05, 0) is 42.5 Å². The lowest BCUT2D eigenvalue weighted by Crippen LogP contribution is -2.20. The molecule has 0 radical (unpaired) electrons. The molecule has 1 atom stereocenters. The van der Waals surface area contributed by atoms with Crippen LogP contribution in [0.15, 0.2) is 24.5 Å². The van der Waals surface area contributed by atoms with Gasteiger partial charge in [-0.1, -0.05) is 7.43 Å². The Morgan fingerprint density at radius 3 is 2.16 bits per heavy atom. The number of halogens is 6. The van der Waals surface area contributed by atoms with Crippen LogP contribution in [0.4, 0.5) is 26.3 Å². The van der Waals surface area contributed by atoms with Crippen LogP contribution in [0.1, 0.15) is 55.4 Å². The molecule has 5 heterocycles. The van der Waals surface area contributed by atoms with Gasteiger partial charge in [0, 0.05) is 32.1 Å². The number of nitrogens with one attached hydrogen (secondary N) is 1. The Morgan fingerprint density at radius 2 is 1.59 bits per heavy atom. The Bertz CT molecular complexity index is 1340. The van der Waals surface area contributed by atoms with Crippen LogP contribution in [0.3, 0.4) is 0 Å². The van der Waals surface area contributed by atoms with E-state index in [1.807, 2.05) is 5.10 Å². The maximum absolute atomic E-state index is 13.2. The van der Waals surface area contributed by atoms with E-state index in [4.69, 9.17) is 16.2 Å². The summed E-state index contributed by atoms with van der Waals surface area (Å²) >= 11 is 0. The molecule has 15 heteroatoms. The summed E-state index contributed by atoms with van der Waals surface area (Å²) in [6, 6.07) is 2.74. The second-order valence-corrected chi connectivity index (χ2v) is 8.05. The van der Waals surface area contributed by atoms with Gasteiger partial charge < -0.3 is 16.2 Å². The highest BCUT2D eigenvalue weighted by molar-refractivity contribution is 5.80. The second-order valence-electron chi connectivity index (χ2n) is 8.05. The molecule has 9 nitrogen and oxygen atoms in total. The van der Waals surface area contributed by atoms with Crippen molar-refractivity contribution < 1.29 is 31.1 Å². The summed E-state index contributed by atoms with van der Waals surface area (Å²) in [6.07, 6.45) is -4.16. The van der Waals surface area contributed by atoms with E-state index in [2.05, 4.69) is 20.2 Å². The van der Waals surface area contributed by atoms with E-state index in [0.717, 1.165) is 12.8 Å². The highest BCUT2D eigenvalue weighted by Crippen LogP contribution is 2.36. The maximum Gasteiger partial charge on any atom is 0.435 e. The van der Waals surface area contributed by atoms with Gasteiger partial charge in [0.15, 0.2) is 23.2 Å². The highest BCUT2D eigenvalue weighted by Gasteiger charge is 2.38. The Morgan fingerprint density at radius 1 is 0.946 bits per heavy atom. The summed E-state index contributed by atoms with van der Waals surface area (Å²) in [7, 11) is 0. The molecule has 5 rings (SSSR count). The fourth-order valence-electron chi connectivity index (χ4n) is 3.78. The van der Waals surface area contributed by atoms with Crippen LogP contribution < -0.4 is 11.5 Å². The Labute approximate surface area is 207 Å². The summed E-state index contributed by atoms with van der Waals surface area (Å²) in [5.74, 6) is 0. The van der Waals surface area contributed by atoms with Crippen molar-refractivity contribution in [3.05, 3.63) is 47.0 Å². The van der Waals surface area contributed by atoms with E-state index in [1.165, 1.54) is 29.2 Å². The van der Waals surface area contributed by atoms with Gasteiger partial charge in [0.1, 0.15) is 5.69 Å². The number of aromatic nitrogens is 6. The summed E-state index contributed by atoms with van der Waals surface area (Å²) in [5, 5.41) is 9.03. The van der Waals surface area contributed by atoms with Crippen molar-refractivity contribution in [2.24, 2.45) is 11.5 Å². The van der Waals surface area contributed by atoms with Crippen molar-refractivity contribution in [2.45, 2.75) is 58.4 Å². The molecule has 4 aromatic heterocycles. The van der Waals surface area contributed by atoms with Crippen molar-refractivity contribution in [1.82, 2.24) is 29.9 Å². The molecule has 5 N–H and O–H groups in total. The third-order valence-corrected chi connectivity index (χ3v) is 5.52. The number of hydrogen-bond donors (Lipinski definition) is 3. The number of aromatic amines is 1. The predicted molar refractivity (Wildman–Crippen MR) is 123 cm³/mol. The lowest BCUT2D eigenvalue weighted by atomic mass is 10.2. The first-order valence-corrected chi connectivity index (χ1v) is 10.9. The van der Waals surface area contributed by atoms with Crippen LogP contribution in [0.25, 0.3) is 22.1 Å². The molecule has 4 aromatic rings. The quantitative estimate of drug-likeness (QED) is 0.326. The molecule has 37 heavy (non-hydrogen) atoms. The predicted octanol–water partition coefficient (Wildman–Crippen LogP) is 4.68. The van der Waals surface area contributed by atoms with Crippen LogP contribution in [0, 0.1) is 0 Å². The van der Waals surface area contributed by atoms with Crippen LogP contribution in [0.2, 0.25) is 0 Å². The van der Waals surface area contributed by atoms with E-state index in [-0.39, 0.29) is 42.6 Å². The van der Waals surface area contributed by atoms with E-state index in [9.17, 15) is 26.3 Å². The number of alkyl halides is 6.